The lowest BCUT2D eigenvalue weighted by Crippen LogP contribution is -2.11. The number of nitrogens with zero attached hydrogens (tertiary/aromatic N) is 2. The molecule has 0 aliphatic carbocycles. The molecule has 1 heterocycles. The van der Waals surface area contributed by atoms with Crippen LogP contribution in [0.1, 0.15) is 25.6 Å². The van der Waals surface area contributed by atoms with Gasteiger partial charge in [-0.15, -0.1) is 0 Å². The molecule has 1 aromatic carbocycles. The summed E-state index contributed by atoms with van der Waals surface area (Å²) >= 11 is 0. The summed E-state index contributed by atoms with van der Waals surface area (Å²) in [5.74, 6) is 2.24. The van der Waals surface area contributed by atoms with Crippen molar-refractivity contribution in [1.82, 2.24) is 9.55 Å². The first kappa shape index (κ1) is 12.5. The average Bonchev–Trinajstić information content (AvgIpc) is 2.80. The Kier molecular flexibility index (Phi) is 3.87. The summed E-state index contributed by atoms with van der Waals surface area (Å²) in [6.07, 6.45) is 3.80. The zero-order valence-corrected chi connectivity index (χ0v) is 10.8. The van der Waals surface area contributed by atoms with E-state index in [4.69, 9.17) is 10.5 Å². The van der Waals surface area contributed by atoms with Crippen LogP contribution in [-0.2, 0) is 6.54 Å². The van der Waals surface area contributed by atoms with Gasteiger partial charge in [0.15, 0.2) is 0 Å². The van der Waals surface area contributed by atoms with Crippen LogP contribution in [0.3, 0.4) is 0 Å². The van der Waals surface area contributed by atoms with E-state index in [9.17, 15) is 0 Å². The molecular formula is C14H19N3O. The van der Waals surface area contributed by atoms with Gasteiger partial charge in [0.1, 0.15) is 18.2 Å². The zero-order chi connectivity index (χ0) is 13.0. The summed E-state index contributed by atoms with van der Waals surface area (Å²) in [4.78, 5) is 4.34. The molecule has 0 atom stereocenters. The predicted octanol–water partition coefficient (Wildman–Crippen LogP) is 2.67. The van der Waals surface area contributed by atoms with Gasteiger partial charge in [0, 0.05) is 18.3 Å². The van der Waals surface area contributed by atoms with Crippen LogP contribution in [-0.4, -0.2) is 16.2 Å². The first-order valence-electron chi connectivity index (χ1n) is 6.17. The van der Waals surface area contributed by atoms with Crippen molar-refractivity contribution in [2.75, 3.05) is 12.3 Å². The molecule has 2 aromatic rings. The summed E-state index contributed by atoms with van der Waals surface area (Å²) < 4.78 is 7.79. The van der Waals surface area contributed by atoms with E-state index in [2.05, 4.69) is 23.4 Å². The molecule has 1 aromatic heterocycles. The lowest BCUT2D eigenvalue weighted by Gasteiger charge is -2.12. The molecule has 0 saturated carbocycles. The molecule has 18 heavy (non-hydrogen) atoms. The number of benzene rings is 1. The fraction of sp³-hybridized carbons (Fsp3) is 0.357. The molecule has 4 heteroatoms. The summed E-state index contributed by atoms with van der Waals surface area (Å²) in [6.45, 7) is 5.63. The minimum atomic E-state index is 0.418. The van der Waals surface area contributed by atoms with Gasteiger partial charge in [-0.2, -0.15) is 0 Å². The van der Waals surface area contributed by atoms with Crippen LogP contribution in [0.2, 0.25) is 0 Å². The van der Waals surface area contributed by atoms with Crippen LogP contribution in [0.15, 0.2) is 36.7 Å². The quantitative estimate of drug-likeness (QED) is 0.824. The van der Waals surface area contributed by atoms with E-state index in [1.165, 1.54) is 0 Å². The smallest absolute Gasteiger partial charge is 0.142 e. The fourth-order valence-electron chi connectivity index (χ4n) is 1.88. The van der Waals surface area contributed by atoms with Crippen LogP contribution < -0.4 is 10.5 Å². The normalized spacial score (nSPS) is 10.8. The summed E-state index contributed by atoms with van der Waals surface area (Å²) in [6, 6.07) is 7.54. The van der Waals surface area contributed by atoms with Gasteiger partial charge in [-0.05, 0) is 12.1 Å². The van der Waals surface area contributed by atoms with Crippen molar-refractivity contribution in [2.45, 2.75) is 26.3 Å². The molecule has 96 valence electrons. The van der Waals surface area contributed by atoms with Crippen molar-refractivity contribution in [3.05, 3.63) is 42.5 Å². The molecule has 0 bridgehead atoms. The number of nitrogens with two attached hydrogens (primary N) is 1. The highest BCUT2D eigenvalue weighted by molar-refractivity contribution is 5.51. The zero-order valence-electron chi connectivity index (χ0n) is 10.8. The van der Waals surface area contributed by atoms with Crippen LogP contribution in [0.5, 0.6) is 5.75 Å². The first-order valence-corrected chi connectivity index (χ1v) is 6.17. The van der Waals surface area contributed by atoms with Crippen LogP contribution in [0, 0.1) is 0 Å². The molecule has 0 saturated heterocycles. The van der Waals surface area contributed by atoms with E-state index in [1.54, 1.807) is 0 Å². The number of rotatable bonds is 5. The third kappa shape index (κ3) is 2.83. The van der Waals surface area contributed by atoms with E-state index in [0.29, 0.717) is 18.2 Å². The van der Waals surface area contributed by atoms with Crippen molar-refractivity contribution >= 4 is 5.69 Å². The molecular weight excluding hydrogens is 226 g/mol. The molecule has 0 unspecified atom stereocenters. The SMILES string of the molecule is CC(C)c1nccn1CCOc1ccccc1N. The Bertz CT molecular complexity index is 505. The van der Waals surface area contributed by atoms with Crippen molar-refractivity contribution in [3.63, 3.8) is 0 Å². The number of hydrogen-bond donors (Lipinski definition) is 1. The highest BCUT2D eigenvalue weighted by Crippen LogP contribution is 2.19. The number of imidazole rings is 1. The van der Waals surface area contributed by atoms with Gasteiger partial charge < -0.3 is 15.0 Å². The highest BCUT2D eigenvalue weighted by atomic mass is 16.5. The predicted molar refractivity (Wildman–Crippen MR) is 72.7 cm³/mol. The Morgan fingerprint density at radius 1 is 1.33 bits per heavy atom. The largest absolute Gasteiger partial charge is 0.490 e. The summed E-state index contributed by atoms with van der Waals surface area (Å²) in [7, 11) is 0. The van der Waals surface area contributed by atoms with Gasteiger partial charge in [0.2, 0.25) is 0 Å². The van der Waals surface area contributed by atoms with E-state index in [-0.39, 0.29) is 0 Å². The van der Waals surface area contributed by atoms with Gasteiger partial charge in [-0.3, -0.25) is 0 Å². The lowest BCUT2D eigenvalue weighted by molar-refractivity contribution is 0.297. The fourth-order valence-corrected chi connectivity index (χ4v) is 1.88. The van der Waals surface area contributed by atoms with Gasteiger partial charge >= 0.3 is 0 Å². The molecule has 0 aliphatic heterocycles. The second-order valence-electron chi connectivity index (χ2n) is 4.52. The Balaban J connectivity index is 1.93. The molecule has 0 aliphatic rings. The second-order valence-corrected chi connectivity index (χ2v) is 4.52. The van der Waals surface area contributed by atoms with Gasteiger partial charge in [0.05, 0.1) is 12.2 Å². The Morgan fingerprint density at radius 3 is 2.83 bits per heavy atom. The first-order chi connectivity index (χ1) is 8.68. The number of nitrogen functional groups attached to an aromatic ring is 1. The molecule has 0 amide bonds. The van der Waals surface area contributed by atoms with E-state index in [1.807, 2.05) is 36.7 Å². The van der Waals surface area contributed by atoms with Crippen LogP contribution in [0.25, 0.3) is 0 Å². The summed E-state index contributed by atoms with van der Waals surface area (Å²) in [5, 5.41) is 0. The average molecular weight is 245 g/mol. The lowest BCUT2D eigenvalue weighted by atomic mass is 10.2. The maximum atomic E-state index is 5.81. The number of ether oxygens (including phenoxy) is 1. The van der Waals surface area contributed by atoms with Crippen LogP contribution >= 0.6 is 0 Å². The third-order valence-electron chi connectivity index (χ3n) is 2.77. The van der Waals surface area contributed by atoms with E-state index in [0.717, 1.165) is 18.1 Å². The van der Waals surface area contributed by atoms with Gasteiger partial charge in [-0.25, -0.2) is 4.98 Å². The minimum absolute atomic E-state index is 0.418. The number of aromatic nitrogens is 2. The maximum absolute atomic E-state index is 5.81. The minimum Gasteiger partial charge on any atom is -0.490 e. The highest BCUT2D eigenvalue weighted by Gasteiger charge is 2.07. The number of hydrogen-bond acceptors (Lipinski definition) is 3. The van der Waals surface area contributed by atoms with Crippen molar-refractivity contribution < 1.29 is 4.74 Å². The van der Waals surface area contributed by atoms with E-state index < -0.39 is 0 Å². The topological polar surface area (TPSA) is 53.1 Å². The third-order valence-corrected chi connectivity index (χ3v) is 2.77. The molecule has 4 nitrogen and oxygen atoms in total. The van der Waals surface area contributed by atoms with Gasteiger partial charge in [-0.1, -0.05) is 26.0 Å². The Hall–Kier alpha value is -1.97. The standard InChI is InChI=1S/C14H19N3O/c1-11(2)14-16-7-8-17(14)9-10-18-13-6-4-3-5-12(13)15/h3-8,11H,9-10,15H2,1-2H3. The van der Waals surface area contributed by atoms with Gasteiger partial charge in [0.25, 0.3) is 0 Å². The second kappa shape index (κ2) is 5.58. The van der Waals surface area contributed by atoms with Crippen molar-refractivity contribution in [1.29, 1.82) is 0 Å². The van der Waals surface area contributed by atoms with E-state index >= 15 is 0 Å². The summed E-state index contributed by atoms with van der Waals surface area (Å²) in [5.41, 5.74) is 6.49. The number of anilines is 1. The molecule has 2 rings (SSSR count). The Morgan fingerprint density at radius 2 is 2.11 bits per heavy atom. The number of para-hydroxylation sites is 2. The maximum Gasteiger partial charge on any atom is 0.142 e. The van der Waals surface area contributed by atoms with Crippen molar-refractivity contribution in [2.24, 2.45) is 0 Å². The molecule has 0 spiro atoms. The monoisotopic (exact) mass is 245 g/mol. The molecule has 2 N–H and O–H groups in total. The Labute approximate surface area is 107 Å². The molecule has 0 radical (unpaired) electrons. The van der Waals surface area contributed by atoms with Crippen molar-refractivity contribution in [3.8, 4) is 5.75 Å². The molecule has 0 fully saturated rings. The van der Waals surface area contributed by atoms with Crippen LogP contribution in [0.4, 0.5) is 5.69 Å².